The van der Waals surface area contributed by atoms with E-state index in [0.717, 1.165) is 0 Å². The zero-order valence-corrected chi connectivity index (χ0v) is 11.4. The van der Waals surface area contributed by atoms with Crippen molar-refractivity contribution in [1.82, 2.24) is 10.0 Å². The van der Waals surface area contributed by atoms with E-state index in [1.54, 1.807) is 25.1 Å². The van der Waals surface area contributed by atoms with Gasteiger partial charge in [-0.25, -0.2) is 13.1 Å². The fourth-order valence-corrected chi connectivity index (χ4v) is 3.30. The molecule has 1 heterocycles. The highest BCUT2D eigenvalue weighted by atomic mass is 32.2. The molecule has 0 saturated carbocycles. The van der Waals surface area contributed by atoms with Gasteiger partial charge in [0.25, 0.3) is 0 Å². The molecule has 0 radical (unpaired) electrons. The molecule has 2 N–H and O–H groups in total. The molecule has 0 aliphatic carbocycles. The SMILES string of the molecule is CCOc1ccccc1S(=O)(=O)N[C@@H]1CNC(=O)C1. The average Bonchev–Trinajstić information content (AvgIpc) is 2.75. The van der Waals surface area contributed by atoms with Crippen molar-refractivity contribution in [2.75, 3.05) is 13.2 Å². The molecule has 1 aromatic rings. The molecule has 7 heteroatoms. The fraction of sp³-hybridized carbons (Fsp3) is 0.417. The van der Waals surface area contributed by atoms with E-state index < -0.39 is 16.1 Å². The molecule has 1 fully saturated rings. The third kappa shape index (κ3) is 3.24. The molecule has 1 saturated heterocycles. The van der Waals surface area contributed by atoms with Gasteiger partial charge in [0.05, 0.1) is 6.61 Å². The van der Waals surface area contributed by atoms with E-state index in [0.29, 0.717) is 18.9 Å². The lowest BCUT2D eigenvalue weighted by atomic mass is 10.3. The van der Waals surface area contributed by atoms with Gasteiger partial charge in [-0.3, -0.25) is 4.79 Å². The van der Waals surface area contributed by atoms with Gasteiger partial charge in [-0.2, -0.15) is 0 Å². The standard InChI is InChI=1S/C12H16N2O4S/c1-2-18-10-5-3-4-6-11(10)19(16,17)14-9-7-12(15)13-8-9/h3-6,9,14H,2,7-8H2,1H3,(H,13,15)/t9-/m0/s1. The number of carbonyl (C=O) groups excluding carboxylic acids is 1. The van der Waals surface area contributed by atoms with Crippen LogP contribution in [0.2, 0.25) is 0 Å². The molecule has 2 rings (SSSR count). The van der Waals surface area contributed by atoms with E-state index in [1.807, 2.05) is 0 Å². The third-order valence-corrected chi connectivity index (χ3v) is 4.30. The minimum Gasteiger partial charge on any atom is -0.492 e. The molecule has 1 amide bonds. The minimum atomic E-state index is -3.69. The van der Waals surface area contributed by atoms with Crippen molar-refractivity contribution in [3.8, 4) is 5.75 Å². The van der Waals surface area contributed by atoms with E-state index in [1.165, 1.54) is 6.07 Å². The molecule has 0 bridgehead atoms. The maximum absolute atomic E-state index is 12.3. The van der Waals surface area contributed by atoms with Crippen molar-refractivity contribution in [3.05, 3.63) is 24.3 Å². The van der Waals surface area contributed by atoms with E-state index in [2.05, 4.69) is 10.0 Å². The molecule has 1 aliphatic heterocycles. The van der Waals surface area contributed by atoms with Crippen LogP contribution in [0.4, 0.5) is 0 Å². The van der Waals surface area contributed by atoms with Crippen molar-refractivity contribution < 1.29 is 17.9 Å². The third-order valence-electron chi connectivity index (χ3n) is 2.74. The Morgan fingerprint density at radius 2 is 2.16 bits per heavy atom. The zero-order valence-electron chi connectivity index (χ0n) is 10.5. The lowest BCUT2D eigenvalue weighted by molar-refractivity contribution is -0.119. The van der Waals surface area contributed by atoms with Gasteiger partial charge in [0.15, 0.2) is 0 Å². The second-order valence-corrected chi connectivity index (χ2v) is 5.89. The molecule has 1 aliphatic rings. The van der Waals surface area contributed by atoms with Crippen LogP contribution < -0.4 is 14.8 Å². The fourth-order valence-electron chi connectivity index (χ4n) is 1.92. The van der Waals surface area contributed by atoms with Gasteiger partial charge < -0.3 is 10.1 Å². The Balaban J connectivity index is 2.21. The molecule has 19 heavy (non-hydrogen) atoms. The molecular weight excluding hydrogens is 268 g/mol. The Hall–Kier alpha value is -1.60. The van der Waals surface area contributed by atoms with Gasteiger partial charge in [0, 0.05) is 19.0 Å². The van der Waals surface area contributed by atoms with Crippen molar-refractivity contribution >= 4 is 15.9 Å². The number of amides is 1. The number of rotatable bonds is 5. The van der Waals surface area contributed by atoms with Crippen LogP contribution in [0.15, 0.2) is 29.2 Å². The highest BCUT2D eigenvalue weighted by molar-refractivity contribution is 7.89. The van der Waals surface area contributed by atoms with E-state index in [-0.39, 0.29) is 17.2 Å². The van der Waals surface area contributed by atoms with Crippen LogP contribution in [-0.4, -0.2) is 33.5 Å². The van der Waals surface area contributed by atoms with Crippen LogP contribution >= 0.6 is 0 Å². The maximum atomic E-state index is 12.3. The maximum Gasteiger partial charge on any atom is 0.244 e. The largest absolute Gasteiger partial charge is 0.492 e. The van der Waals surface area contributed by atoms with Gasteiger partial charge in [0.2, 0.25) is 15.9 Å². The van der Waals surface area contributed by atoms with E-state index in [9.17, 15) is 13.2 Å². The first-order valence-corrected chi connectivity index (χ1v) is 7.52. The topological polar surface area (TPSA) is 84.5 Å². The van der Waals surface area contributed by atoms with E-state index >= 15 is 0 Å². The summed E-state index contributed by atoms with van der Waals surface area (Å²) in [5.74, 6) is 0.167. The number of sulfonamides is 1. The summed E-state index contributed by atoms with van der Waals surface area (Å²) in [6.45, 7) is 2.49. The molecule has 0 spiro atoms. The van der Waals surface area contributed by atoms with Gasteiger partial charge in [-0.1, -0.05) is 12.1 Å². The molecule has 0 unspecified atom stereocenters. The average molecular weight is 284 g/mol. The first kappa shape index (κ1) is 13.8. The predicted octanol–water partition coefficient (Wildman–Crippen LogP) is 0.252. The Morgan fingerprint density at radius 3 is 2.79 bits per heavy atom. The van der Waals surface area contributed by atoms with Crippen LogP contribution in [-0.2, 0) is 14.8 Å². The smallest absolute Gasteiger partial charge is 0.244 e. The summed E-state index contributed by atoms with van der Waals surface area (Å²) in [6, 6.07) is 6.03. The summed E-state index contributed by atoms with van der Waals surface area (Å²) < 4.78 is 32.3. The lowest BCUT2D eigenvalue weighted by Gasteiger charge is -2.14. The number of ether oxygens (including phenoxy) is 1. The molecule has 0 aromatic heterocycles. The first-order chi connectivity index (χ1) is 9.03. The second kappa shape index (κ2) is 5.58. The highest BCUT2D eigenvalue weighted by Gasteiger charge is 2.28. The van der Waals surface area contributed by atoms with E-state index in [4.69, 9.17) is 4.74 Å². The molecule has 6 nitrogen and oxygen atoms in total. The number of para-hydroxylation sites is 1. The quantitative estimate of drug-likeness (QED) is 0.812. The summed E-state index contributed by atoms with van der Waals surface area (Å²) in [5.41, 5.74) is 0. The van der Waals surface area contributed by atoms with Crippen LogP contribution in [0.25, 0.3) is 0 Å². The molecule has 1 aromatic carbocycles. The monoisotopic (exact) mass is 284 g/mol. The van der Waals surface area contributed by atoms with Crippen LogP contribution in [0.5, 0.6) is 5.75 Å². The second-order valence-electron chi connectivity index (χ2n) is 4.21. The summed E-state index contributed by atoms with van der Waals surface area (Å²) >= 11 is 0. The number of hydrogen-bond donors (Lipinski definition) is 2. The van der Waals surface area contributed by atoms with Crippen molar-refractivity contribution in [2.45, 2.75) is 24.3 Å². The lowest BCUT2D eigenvalue weighted by Crippen LogP contribution is -2.36. The summed E-state index contributed by atoms with van der Waals surface area (Å²) in [6.07, 6.45) is 0.163. The molecular formula is C12H16N2O4S. The van der Waals surface area contributed by atoms with Crippen LogP contribution in [0.3, 0.4) is 0 Å². The van der Waals surface area contributed by atoms with Crippen LogP contribution in [0.1, 0.15) is 13.3 Å². The Kier molecular flexibility index (Phi) is 4.06. The number of nitrogens with one attached hydrogen (secondary N) is 2. The molecule has 104 valence electrons. The van der Waals surface area contributed by atoms with Crippen molar-refractivity contribution in [1.29, 1.82) is 0 Å². The normalized spacial score (nSPS) is 19.2. The first-order valence-electron chi connectivity index (χ1n) is 6.04. The van der Waals surface area contributed by atoms with Crippen molar-refractivity contribution in [2.24, 2.45) is 0 Å². The van der Waals surface area contributed by atoms with Gasteiger partial charge in [-0.05, 0) is 19.1 Å². The Labute approximate surface area is 112 Å². The highest BCUT2D eigenvalue weighted by Crippen LogP contribution is 2.23. The Morgan fingerprint density at radius 1 is 1.42 bits per heavy atom. The van der Waals surface area contributed by atoms with Crippen molar-refractivity contribution in [3.63, 3.8) is 0 Å². The Bertz CT molecular complexity index is 571. The zero-order chi connectivity index (χ0) is 13.9. The number of benzene rings is 1. The van der Waals surface area contributed by atoms with Gasteiger partial charge in [0.1, 0.15) is 10.6 Å². The number of carbonyl (C=O) groups is 1. The molecule has 1 atom stereocenters. The minimum absolute atomic E-state index is 0.0937. The number of hydrogen-bond acceptors (Lipinski definition) is 4. The summed E-state index contributed by atoms with van der Waals surface area (Å²) in [4.78, 5) is 11.2. The predicted molar refractivity (Wildman–Crippen MR) is 69.3 cm³/mol. The summed E-state index contributed by atoms with van der Waals surface area (Å²) in [7, 11) is -3.69. The van der Waals surface area contributed by atoms with Crippen LogP contribution in [0, 0.1) is 0 Å². The summed E-state index contributed by atoms with van der Waals surface area (Å²) in [5, 5.41) is 2.59. The van der Waals surface area contributed by atoms with Gasteiger partial charge >= 0.3 is 0 Å². The van der Waals surface area contributed by atoms with Gasteiger partial charge in [-0.15, -0.1) is 0 Å².